The van der Waals surface area contributed by atoms with E-state index in [-0.39, 0.29) is 17.9 Å². The molecule has 0 aromatic rings. The van der Waals surface area contributed by atoms with Crippen LogP contribution < -0.4 is 0 Å². The van der Waals surface area contributed by atoms with Crippen molar-refractivity contribution in [3.63, 3.8) is 0 Å². The van der Waals surface area contributed by atoms with Gasteiger partial charge in [-0.15, -0.1) is 0 Å². The van der Waals surface area contributed by atoms with Crippen LogP contribution in [-0.4, -0.2) is 19.1 Å². The van der Waals surface area contributed by atoms with Gasteiger partial charge in [0.15, 0.2) is 0 Å². The number of azide groups is 1. The fraction of sp³-hybridized carbons (Fsp3) is 0.500. The van der Waals surface area contributed by atoms with Gasteiger partial charge in [-0.2, -0.15) is 0 Å². The van der Waals surface area contributed by atoms with Crippen LogP contribution in [0.15, 0.2) is 40.1 Å². The lowest BCUT2D eigenvalue weighted by Crippen LogP contribution is -2.17. The lowest BCUT2D eigenvalue weighted by molar-refractivity contribution is -0.135. The minimum atomic E-state index is -0.280. The number of rotatable bonds is 4. The molecule has 2 rings (SSSR count). The first-order chi connectivity index (χ1) is 9.17. The van der Waals surface area contributed by atoms with Crippen LogP contribution in [0.5, 0.6) is 0 Å². The number of carbonyl (C=O) groups is 1. The van der Waals surface area contributed by atoms with Gasteiger partial charge in [0.1, 0.15) is 0 Å². The predicted octanol–water partition coefficient (Wildman–Crippen LogP) is 3.45. The highest BCUT2D eigenvalue weighted by Crippen LogP contribution is 2.39. The van der Waals surface area contributed by atoms with E-state index in [1.165, 1.54) is 12.7 Å². The Hall–Kier alpha value is -2.00. The summed E-state index contributed by atoms with van der Waals surface area (Å²) in [6, 6.07) is -0.0904. The monoisotopic (exact) mass is 259 g/mol. The van der Waals surface area contributed by atoms with E-state index < -0.39 is 0 Å². The third kappa shape index (κ3) is 2.71. The largest absolute Gasteiger partial charge is 0.465 e. The molecule has 0 aromatic heterocycles. The van der Waals surface area contributed by atoms with Crippen molar-refractivity contribution in [2.24, 2.45) is 11.0 Å². The second-order valence-electron chi connectivity index (χ2n) is 4.84. The Kier molecular flexibility index (Phi) is 4.07. The molecule has 0 amide bonds. The molecule has 0 radical (unpaired) electrons. The van der Waals surface area contributed by atoms with Gasteiger partial charge in [0.25, 0.3) is 0 Å². The Morgan fingerprint density at radius 2 is 2.47 bits per heavy atom. The summed E-state index contributed by atoms with van der Waals surface area (Å²) in [6.07, 6.45) is 8.66. The average Bonchev–Trinajstić information content (AvgIpc) is 2.81. The molecule has 0 aromatic carbocycles. The van der Waals surface area contributed by atoms with Crippen LogP contribution in [-0.2, 0) is 9.53 Å². The number of hydrogen-bond donors (Lipinski definition) is 0. The van der Waals surface area contributed by atoms with Crippen LogP contribution in [0.25, 0.3) is 10.4 Å². The first kappa shape index (κ1) is 13.4. The maximum Gasteiger partial charge on any atom is 0.337 e. The molecule has 0 bridgehead atoms. The van der Waals surface area contributed by atoms with E-state index in [1.54, 1.807) is 0 Å². The molecule has 5 nitrogen and oxygen atoms in total. The Morgan fingerprint density at radius 3 is 3.16 bits per heavy atom. The standard InChI is InChI=1S/C14H17N3O2/c1-9(16-17-15)8-11-7-6-10-4-3-5-12(13(10)11)14(18)19-2/h5-7,9,11H,3-4,8H2,1-2H3. The number of carbonyl (C=O) groups excluding carboxylic acids is 1. The van der Waals surface area contributed by atoms with E-state index in [4.69, 9.17) is 10.3 Å². The highest BCUT2D eigenvalue weighted by atomic mass is 16.5. The summed E-state index contributed by atoms with van der Waals surface area (Å²) in [6.45, 7) is 1.89. The van der Waals surface area contributed by atoms with Gasteiger partial charge in [-0.1, -0.05) is 30.3 Å². The smallest absolute Gasteiger partial charge is 0.337 e. The van der Waals surface area contributed by atoms with Crippen LogP contribution in [0.3, 0.4) is 0 Å². The normalized spacial score (nSPS) is 22.4. The van der Waals surface area contributed by atoms with Gasteiger partial charge in [0.05, 0.1) is 12.7 Å². The molecular weight excluding hydrogens is 242 g/mol. The maximum absolute atomic E-state index is 11.8. The van der Waals surface area contributed by atoms with E-state index >= 15 is 0 Å². The lowest BCUT2D eigenvalue weighted by Gasteiger charge is -2.21. The van der Waals surface area contributed by atoms with E-state index in [9.17, 15) is 4.79 Å². The summed E-state index contributed by atoms with van der Waals surface area (Å²) < 4.78 is 4.85. The molecule has 5 heteroatoms. The van der Waals surface area contributed by atoms with Crippen molar-refractivity contribution in [1.29, 1.82) is 0 Å². The van der Waals surface area contributed by atoms with E-state index in [0.29, 0.717) is 12.0 Å². The Labute approximate surface area is 112 Å². The van der Waals surface area contributed by atoms with E-state index in [2.05, 4.69) is 22.2 Å². The zero-order valence-corrected chi connectivity index (χ0v) is 11.2. The molecular formula is C14H17N3O2. The third-order valence-corrected chi connectivity index (χ3v) is 3.55. The van der Waals surface area contributed by atoms with Crippen LogP contribution in [0, 0.1) is 5.92 Å². The summed E-state index contributed by atoms with van der Waals surface area (Å²) in [4.78, 5) is 14.7. The number of methoxy groups -OCH3 is 1. The molecule has 0 heterocycles. The number of hydrogen-bond acceptors (Lipinski definition) is 3. The Morgan fingerprint density at radius 1 is 1.68 bits per heavy atom. The minimum absolute atomic E-state index is 0.0904. The quantitative estimate of drug-likeness (QED) is 0.335. The summed E-state index contributed by atoms with van der Waals surface area (Å²) in [5.74, 6) is -0.140. The molecule has 19 heavy (non-hydrogen) atoms. The molecule has 0 fully saturated rings. The van der Waals surface area contributed by atoms with Gasteiger partial charge in [0, 0.05) is 16.9 Å². The van der Waals surface area contributed by atoms with E-state index in [1.807, 2.05) is 13.0 Å². The molecule has 0 N–H and O–H groups in total. The third-order valence-electron chi connectivity index (χ3n) is 3.55. The van der Waals surface area contributed by atoms with Gasteiger partial charge in [-0.25, -0.2) is 4.79 Å². The minimum Gasteiger partial charge on any atom is -0.465 e. The number of ether oxygens (including phenoxy) is 1. The van der Waals surface area contributed by atoms with Crippen molar-refractivity contribution in [3.05, 3.63) is 45.4 Å². The molecule has 0 saturated carbocycles. The predicted molar refractivity (Wildman–Crippen MR) is 72.2 cm³/mol. The summed E-state index contributed by atoms with van der Waals surface area (Å²) >= 11 is 0. The van der Waals surface area contributed by atoms with Crippen LogP contribution in [0.4, 0.5) is 0 Å². The summed E-state index contributed by atoms with van der Waals surface area (Å²) in [7, 11) is 1.40. The molecule has 2 unspecified atom stereocenters. The molecule has 2 atom stereocenters. The highest BCUT2D eigenvalue weighted by molar-refractivity contribution is 5.94. The number of allylic oxidation sites excluding steroid dienone is 4. The van der Waals surface area contributed by atoms with E-state index in [0.717, 1.165) is 18.4 Å². The first-order valence-corrected chi connectivity index (χ1v) is 6.41. The van der Waals surface area contributed by atoms with Crippen LogP contribution in [0.1, 0.15) is 26.2 Å². The molecule has 2 aliphatic rings. The van der Waals surface area contributed by atoms with Crippen molar-refractivity contribution in [2.45, 2.75) is 32.2 Å². The Balaban J connectivity index is 2.22. The van der Waals surface area contributed by atoms with Crippen LogP contribution >= 0.6 is 0 Å². The van der Waals surface area contributed by atoms with Crippen molar-refractivity contribution in [3.8, 4) is 0 Å². The molecule has 0 aliphatic heterocycles. The number of nitrogens with zero attached hydrogens (tertiary/aromatic N) is 3. The van der Waals surface area contributed by atoms with Crippen molar-refractivity contribution >= 4 is 5.97 Å². The number of esters is 1. The highest BCUT2D eigenvalue weighted by Gasteiger charge is 2.30. The summed E-state index contributed by atoms with van der Waals surface area (Å²) in [5, 5.41) is 3.70. The van der Waals surface area contributed by atoms with Gasteiger partial charge in [-0.05, 0) is 35.9 Å². The first-order valence-electron chi connectivity index (χ1n) is 6.41. The van der Waals surface area contributed by atoms with Crippen molar-refractivity contribution in [2.75, 3.05) is 7.11 Å². The summed E-state index contributed by atoms with van der Waals surface area (Å²) in [5.41, 5.74) is 11.4. The fourth-order valence-corrected chi connectivity index (χ4v) is 2.73. The average molecular weight is 259 g/mol. The maximum atomic E-state index is 11.8. The van der Waals surface area contributed by atoms with Gasteiger partial charge < -0.3 is 4.74 Å². The van der Waals surface area contributed by atoms with Crippen LogP contribution in [0.2, 0.25) is 0 Å². The second-order valence-corrected chi connectivity index (χ2v) is 4.84. The molecule has 100 valence electrons. The second kappa shape index (κ2) is 5.76. The van der Waals surface area contributed by atoms with Gasteiger partial charge in [-0.3, -0.25) is 0 Å². The Bertz CT molecular complexity index is 525. The van der Waals surface area contributed by atoms with Crippen molar-refractivity contribution < 1.29 is 9.53 Å². The fourth-order valence-electron chi connectivity index (χ4n) is 2.73. The zero-order chi connectivity index (χ0) is 13.8. The van der Waals surface area contributed by atoms with Gasteiger partial charge >= 0.3 is 5.97 Å². The molecule has 2 aliphatic carbocycles. The van der Waals surface area contributed by atoms with Crippen molar-refractivity contribution in [1.82, 2.24) is 0 Å². The SMILES string of the molecule is COC(=O)C1=CCCC2=C1C(CC(C)N=[N+]=[N-])C=C2. The van der Waals surface area contributed by atoms with Gasteiger partial charge in [0.2, 0.25) is 0 Å². The zero-order valence-electron chi connectivity index (χ0n) is 11.2. The lowest BCUT2D eigenvalue weighted by atomic mass is 9.84. The molecule has 0 spiro atoms. The topological polar surface area (TPSA) is 75.1 Å². The molecule has 0 saturated heterocycles.